The summed E-state index contributed by atoms with van der Waals surface area (Å²) in [5, 5.41) is 33.3. The second kappa shape index (κ2) is 7.68. The zero-order valence-electron chi connectivity index (χ0n) is 22.6. The zero-order valence-corrected chi connectivity index (χ0v) is 22.6. The third kappa shape index (κ3) is 2.80. The van der Waals surface area contributed by atoms with Crippen molar-refractivity contribution >= 4 is 17.7 Å². The minimum atomic E-state index is -1.10. The van der Waals surface area contributed by atoms with Crippen LogP contribution in [0.15, 0.2) is 12.2 Å². The number of allylic oxidation sites excluding steroid dienone is 1. The minimum Gasteiger partial charge on any atom is -0.481 e. The van der Waals surface area contributed by atoms with Gasteiger partial charge in [0.15, 0.2) is 0 Å². The van der Waals surface area contributed by atoms with Gasteiger partial charge >= 0.3 is 11.9 Å². The largest absolute Gasteiger partial charge is 0.481 e. The Morgan fingerprint density at radius 2 is 1.61 bits per heavy atom. The molecule has 5 saturated carbocycles. The fraction of sp³-hybridized carbons (Fsp3) is 0.833. The van der Waals surface area contributed by atoms with Crippen LogP contribution in [-0.2, 0) is 14.4 Å². The molecule has 5 fully saturated rings. The summed E-state index contributed by atoms with van der Waals surface area (Å²) in [6, 6.07) is 0. The highest BCUT2D eigenvalue weighted by Crippen LogP contribution is 2.77. The van der Waals surface area contributed by atoms with Gasteiger partial charge < -0.3 is 15.3 Å². The Morgan fingerprint density at radius 1 is 0.944 bits per heavy atom. The summed E-state index contributed by atoms with van der Waals surface area (Å²) >= 11 is 0. The molecule has 0 radical (unpaired) electrons. The molecule has 0 aromatic rings. The second-order valence-corrected chi connectivity index (χ2v) is 14.3. The lowest BCUT2D eigenvalue weighted by molar-refractivity contribution is -0.264. The van der Waals surface area contributed by atoms with Crippen LogP contribution in [0.5, 0.6) is 0 Å². The van der Waals surface area contributed by atoms with Crippen molar-refractivity contribution in [3.05, 3.63) is 12.2 Å². The molecule has 0 spiro atoms. The lowest BCUT2D eigenvalue weighted by Crippen LogP contribution is -2.72. The number of rotatable bonds is 3. The number of ketones is 1. The van der Waals surface area contributed by atoms with Crippen molar-refractivity contribution in [2.75, 3.05) is 0 Å². The molecule has 5 aliphatic carbocycles. The summed E-state index contributed by atoms with van der Waals surface area (Å²) < 4.78 is 0. The van der Waals surface area contributed by atoms with Crippen LogP contribution in [0.1, 0.15) is 92.4 Å². The Balaban J connectivity index is 1.67. The fourth-order valence-corrected chi connectivity index (χ4v) is 11.6. The van der Waals surface area contributed by atoms with E-state index in [2.05, 4.69) is 20.4 Å². The van der Waals surface area contributed by atoms with Crippen molar-refractivity contribution in [3.63, 3.8) is 0 Å². The first-order valence-corrected chi connectivity index (χ1v) is 13.9. The molecule has 10 atom stereocenters. The van der Waals surface area contributed by atoms with Gasteiger partial charge in [-0.3, -0.25) is 14.4 Å². The van der Waals surface area contributed by atoms with Crippen molar-refractivity contribution in [1.82, 2.24) is 0 Å². The van der Waals surface area contributed by atoms with Gasteiger partial charge in [-0.05, 0) is 92.8 Å². The van der Waals surface area contributed by atoms with E-state index >= 15 is 0 Å². The van der Waals surface area contributed by atoms with Gasteiger partial charge in [0.1, 0.15) is 5.78 Å². The quantitative estimate of drug-likeness (QED) is 0.452. The van der Waals surface area contributed by atoms with Crippen LogP contribution in [0.3, 0.4) is 0 Å². The number of Topliss-reactive ketones (excluding diaryl/α,β-unsaturated/α-hetero) is 1. The highest BCUT2D eigenvalue weighted by molar-refractivity contribution is 5.86. The Bertz CT molecular complexity index is 1030. The number of aliphatic carboxylic acids is 2. The molecule has 0 saturated heterocycles. The molecule has 0 aromatic carbocycles. The molecular formula is C30H44O6. The monoisotopic (exact) mass is 500 g/mol. The first-order chi connectivity index (χ1) is 16.6. The summed E-state index contributed by atoms with van der Waals surface area (Å²) in [6.07, 6.45) is 4.24. The van der Waals surface area contributed by atoms with Crippen LogP contribution >= 0.6 is 0 Å². The molecule has 0 bridgehead atoms. The molecular weight excluding hydrogens is 456 g/mol. The topological polar surface area (TPSA) is 112 Å². The average molecular weight is 501 g/mol. The average Bonchev–Trinajstić information content (AvgIpc) is 3.17. The maximum Gasteiger partial charge on any atom is 0.310 e. The number of aliphatic hydroxyl groups is 1. The zero-order chi connectivity index (χ0) is 26.6. The van der Waals surface area contributed by atoms with E-state index < -0.39 is 39.7 Å². The third-order valence-corrected chi connectivity index (χ3v) is 12.9. The van der Waals surface area contributed by atoms with E-state index in [0.717, 1.165) is 18.4 Å². The Kier molecular flexibility index (Phi) is 5.53. The molecule has 5 aliphatic rings. The predicted octanol–water partition coefficient (Wildman–Crippen LogP) is 5.33. The van der Waals surface area contributed by atoms with Gasteiger partial charge in [-0.1, -0.05) is 39.8 Å². The smallest absolute Gasteiger partial charge is 0.310 e. The number of hydrogen-bond donors (Lipinski definition) is 3. The Labute approximate surface area is 214 Å². The van der Waals surface area contributed by atoms with Gasteiger partial charge in [0.25, 0.3) is 0 Å². The summed E-state index contributed by atoms with van der Waals surface area (Å²) in [7, 11) is 0. The molecule has 0 aliphatic heterocycles. The normalized spacial score (nSPS) is 51.3. The van der Waals surface area contributed by atoms with Crippen LogP contribution < -0.4 is 0 Å². The molecule has 0 unspecified atom stereocenters. The standard InChI is InChI=1S/C30H44O6/c1-16(2)17-9-12-29(24(33)34)13-14-30(25(35)36)18(22(17)29)7-8-20-27(5)11-10-21(32)26(3,4)23(27)19(31)15-28(20,30)6/h17-20,22-23,31H,1,7-15H2,2-6H3,(H,33,34)(H,35,36)/t17-,18+,19-,20+,22-,23-,27+,28+,29-,30+/m0/s1. The SMILES string of the molecule is C=C(C)[C@@H]1CC[C@]2(C(=O)O)CC[C@]3(C(=O)O)[C@H](CC[C@@H]4[C@@]5(C)CCC(=O)C(C)(C)[C@@H]5[C@@H](O)C[C@]43C)[C@H]12. The first kappa shape index (κ1) is 25.9. The predicted molar refractivity (Wildman–Crippen MR) is 135 cm³/mol. The van der Waals surface area contributed by atoms with E-state index in [1.54, 1.807) is 0 Å². The Hall–Kier alpha value is -1.69. The lowest BCUT2D eigenvalue weighted by Gasteiger charge is -2.72. The highest BCUT2D eigenvalue weighted by atomic mass is 16.4. The molecule has 0 heterocycles. The summed E-state index contributed by atoms with van der Waals surface area (Å²) in [6.45, 7) is 14.4. The summed E-state index contributed by atoms with van der Waals surface area (Å²) in [4.78, 5) is 39.3. The molecule has 5 rings (SSSR count). The van der Waals surface area contributed by atoms with Gasteiger partial charge in [0.05, 0.1) is 16.9 Å². The molecule has 200 valence electrons. The summed E-state index contributed by atoms with van der Waals surface area (Å²) in [5.74, 6) is -2.08. The van der Waals surface area contributed by atoms with Crippen LogP contribution in [0, 0.1) is 56.7 Å². The molecule has 3 N–H and O–H groups in total. The van der Waals surface area contributed by atoms with E-state index in [1.807, 2.05) is 20.8 Å². The van der Waals surface area contributed by atoms with Crippen LogP contribution in [0.4, 0.5) is 0 Å². The highest BCUT2D eigenvalue weighted by Gasteiger charge is 2.76. The molecule has 6 nitrogen and oxygen atoms in total. The van der Waals surface area contributed by atoms with Crippen LogP contribution in [0.2, 0.25) is 0 Å². The van der Waals surface area contributed by atoms with Crippen molar-refractivity contribution in [2.45, 2.75) is 98.5 Å². The molecule has 36 heavy (non-hydrogen) atoms. The van der Waals surface area contributed by atoms with Crippen molar-refractivity contribution in [1.29, 1.82) is 0 Å². The minimum absolute atomic E-state index is 0.00774. The summed E-state index contributed by atoms with van der Waals surface area (Å²) in [5.41, 5.74) is -2.71. The van der Waals surface area contributed by atoms with Gasteiger partial charge in [-0.15, -0.1) is 0 Å². The molecule has 6 heteroatoms. The first-order valence-electron chi connectivity index (χ1n) is 13.9. The van der Waals surface area contributed by atoms with Crippen molar-refractivity contribution in [3.8, 4) is 0 Å². The number of carbonyl (C=O) groups is 3. The van der Waals surface area contributed by atoms with Crippen LogP contribution in [0.25, 0.3) is 0 Å². The number of hydrogen-bond acceptors (Lipinski definition) is 4. The van der Waals surface area contributed by atoms with Crippen LogP contribution in [-0.4, -0.2) is 39.1 Å². The van der Waals surface area contributed by atoms with E-state index in [-0.39, 0.29) is 40.8 Å². The molecule has 0 amide bonds. The van der Waals surface area contributed by atoms with E-state index in [1.165, 1.54) is 0 Å². The maximum atomic E-state index is 13.6. The fourth-order valence-electron chi connectivity index (χ4n) is 11.6. The van der Waals surface area contributed by atoms with Crippen molar-refractivity contribution in [2.24, 2.45) is 56.7 Å². The number of carboxylic acids is 2. The van der Waals surface area contributed by atoms with Crippen molar-refractivity contribution < 1.29 is 29.7 Å². The van der Waals surface area contributed by atoms with E-state index in [0.29, 0.717) is 44.9 Å². The second-order valence-electron chi connectivity index (χ2n) is 14.3. The lowest BCUT2D eigenvalue weighted by atomic mass is 9.31. The van der Waals surface area contributed by atoms with Gasteiger partial charge in [-0.2, -0.15) is 0 Å². The maximum absolute atomic E-state index is 13.6. The third-order valence-electron chi connectivity index (χ3n) is 12.9. The van der Waals surface area contributed by atoms with E-state index in [9.17, 15) is 29.7 Å². The van der Waals surface area contributed by atoms with Gasteiger partial charge in [-0.25, -0.2) is 0 Å². The number of aliphatic hydroxyl groups excluding tert-OH is 1. The number of carbonyl (C=O) groups excluding carboxylic acids is 1. The molecule has 0 aromatic heterocycles. The Morgan fingerprint density at radius 3 is 2.19 bits per heavy atom. The van der Waals surface area contributed by atoms with E-state index in [4.69, 9.17) is 0 Å². The number of carboxylic acid groups (broad SMARTS) is 2. The van der Waals surface area contributed by atoms with Gasteiger partial charge in [0.2, 0.25) is 0 Å². The number of fused-ring (bicyclic) bond motifs is 7. The van der Waals surface area contributed by atoms with Gasteiger partial charge in [0, 0.05) is 17.8 Å².